The van der Waals surface area contributed by atoms with Crippen molar-refractivity contribution in [3.8, 4) is 22.3 Å². The zero-order valence-corrected chi connectivity index (χ0v) is 28.3. The molecule has 0 atom stereocenters. The summed E-state index contributed by atoms with van der Waals surface area (Å²) in [6.45, 7) is 6.23. The summed E-state index contributed by atoms with van der Waals surface area (Å²) < 4.78 is 76.5. The number of hydrogen-bond donors (Lipinski definition) is 4. The molecule has 2 aliphatic rings. The highest BCUT2D eigenvalue weighted by atomic mass is 19.4. The number of piperidine rings is 1. The molecule has 5 nitrogen and oxygen atoms in total. The highest BCUT2D eigenvalue weighted by Crippen LogP contribution is 2.54. The molecule has 1 fully saturated rings. The van der Waals surface area contributed by atoms with E-state index in [0.29, 0.717) is 53.4 Å². The molecule has 0 saturated carbocycles. The number of carbonyl (C=O) groups excluding carboxylic acids is 1. The largest absolute Gasteiger partial charge is 0.416 e. The Labute approximate surface area is 294 Å². The molecule has 0 aromatic heterocycles. The van der Waals surface area contributed by atoms with Crippen LogP contribution in [0.4, 0.5) is 26.3 Å². The van der Waals surface area contributed by atoms with Gasteiger partial charge in [-0.2, -0.15) is 31.4 Å². The van der Waals surface area contributed by atoms with Crippen LogP contribution >= 0.6 is 0 Å². The molecule has 4 N–H and O–H groups in total. The summed E-state index contributed by atoms with van der Waals surface area (Å²) >= 11 is 0. The number of halogens is 6. The number of quaternary nitrogens is 1. The molecule has 51 heavy (non-hydrogen) atoms. The maximum atomic E-state index is 12.8. The predicted molar refractivity (Wildman–Crippen MR) is 185 cm³/mol. The van der Waals surface area contributed by atoms with Crippen molar-refractivity contribution < 1.29 is 41.4 Å². The van der Waals surface area contributed by atoms with Crippen molar-refractivity contribution in [1.82, 2.24) is 10.6 Å². The number of unbranched alkanes of at least 4 members (excludes halogenated alkanes) is 1. The lowest BCUT2D eigenvalue weighted by molar-refractivity contribution is -1.09. The third-order valence-corrected chi connectivity index (χ3v) is 9.58. The summed E-state index contributed by atoms with van der Waals surface area (Å²) in [4.78, 5) is 12.7. The van der Waals surface area contributed by atoms with Gasteiger partial charge < -0.3 is 10.6 Å². The van der Waals surface area contributed by atoms with Crippen LogP contribution in [-0.2, 0) is 11.6 Å². The molecule has 0 spiro atoms. The number of nitrogens with one attached hydrogen (secondary N) is 3. The van der Waals surface area contributed by atoms with Gasteiger partial charge in [-0.1, -0.05) is 105 Å². The van der Waals surface area contributed by atoms with Crippen molar-refractivity contribution >= 4 is 5.91 Å². The molecule has 11 heteroatoms. The lowest BCUT2D eigenvalue weighted by Crippen LogP contribution is -3.11. The summed E-state index contributed by atoms with van der Waals surface area (Å²) in [7, 11) is 0. The minimum atomic E-state index is -4.39. The van der Waals surface area contributed by atoms with Gasteiger partial charge in [0, 0.05) is 30.1 Å². The van der Waals surface area contributed by atoms with Gasteiger partial charge in [-0.05, 0) is 58.0 Å². The first-order valence-electron chi connectivity index (χ1n) is 17.0. The Bertz CT molecular complexity index is 1770. The number of rotatable bonds is 9. The summed E-state index contributed by atoms with van der Waals surface area (Å²) in [6.07, 6.45) is -4.68. The molecule has 6 rings (SSSR count). The molecular formula is C40H42F6N3O2+. The Morgan fingerprint density at radius 2 is 1.35 bits per heavy atom. The van der Waals surface area contributed by atoms with Gasteiger partial charge >= 0.3 is 12.4 Å². The maximum absolute atomic E-state index is 12.8. The molecule has 1 heterocycles. The highest BCUT2D eigenvalue weighted by molar-refractivity contribution is 6.01. The van der Waals surface area contributed by atoms with Gasteiger partial charge in [-0.15, -0.1) is 0 Å². The van der Waals surface area contributed by atoms with Crippen LogP contribution in [0.3, 0.4) is 0 Å². The van der Waals surface area contributed by atoms with Gasteiger partial charge in [0.05, 0.1) is 11.0 Å². The van der Waals surface area contributed by atoms with Crippen molar-refractivity contribution in [2.24, 2.45) is 0 Å². The summed E-state index contributed by atoms with van der Waals surface area (Å²) in [5, 5.41) is 15.5. The van der Waals surface area contributed by atoms with Crippen LogP contribution < -0.4 is 15.7 Å². The molecule has 1 amide bonds. The first kappa shape index (κ1) is 37.6. The standard InChI is InChI=1S/C21H22F3N.C19H19F3N2O2/c1-3-4-13-20(15(2)25-14-21(22,23)24)18-11-7-5-9-16(18)17-10-6-8-12-19(17)20;20-19(21,22)14-7-5-13(6-8-14)16-3-1-2-4-17(16)18(25)23-15-9-11-24(26)12-10-15/h5-12,25H,2-4,13-14H2,1H3;1-8,15,26H,9-12H2,(H,23,25)/p+1. The van der Waals surface area contributed by atoms with Gasteiger partial charge in [-0.3, -0.25) is 4.79 Å². The van der Waals surface area contributed by atoms with Crippen molar-refractivity contribution in [1.29, 1.82) is 0 Å². The minimum Gasteiger partial charge on any atom is -0.379 e. The third kappa shape index (κ3) is 8.65. The van der Waals surface area contributed by atoms with Crippen molar-refractivity contribution in [2.45, 2.75) is 62.8 Å². The minimum absolute atomic E-state index is 0.0148. The van der Waals surface area contributed by atoms with E-state index in [0.717, 1.165) is 53.6 Å². The number of fused-ring (bicyclic) bond motifs is 3. The molecule has 0 unspecified atom stereocenters. The predicted octanol–water partition coefficient (Wildman–Crippen LogP) is 8.35. The summed E-state index contributed by atoms with van der Waals surface area (Å²) in [5.41, 5.74) is 4.92. The average molecular weight is 711 g/mol. The fourth-order valence-corrected chi connectivity index (χ4v) is 7.00. The van der Waals surface area contributed by atoms with Crippen LogP contribution in [0.15, 0.2) is 109 Å². The summed E-state index contributed by atoms with van der Waals surface area (Å²) in [6, 6.07) is 27.6. The van der Waals surface area contributed by atoms with Gasteiger partial charge in [-0.25, -0.2) is 5.21 Å². The van der Waals surface area contributed by atoms with E-state index in [1.165, 1.54) is 12.1 Å². The second-order valence-corrected chi connectivity index (χ2v) is 13.0. The van der Waals surface area contributed by atoms with Gasteiger partial charge in [0.15, 0.2) is 0 Å². The lowest BCUT2D eigenvalue weighted by Gasteiger charge is -2.35. The van der Waals surface area contributed by atoms with E-state index < -0.39 is 29.9 Å². The second-order valence-electron chi connectivity index (χ2n) is 13.0. The number of alkyl halides is 6. The number of hydroxylamine groups is 2. The maximum Gasteiger partial charge on any atom is 0.416 e. The zero-order valence-electron chi connectivity index (χ0n) is 28.3. The average Bonchev–Trinajstić information content (AvgIpc) is 3.41. The van der Waals surface area contributed by atoms with E-state index >= 15 is 0 Å². The Morgan fingerprint density at radius 1 is 0.824 bits per heavy atom. The SMILES string of the molecule is C=C(NCC(F)(F)F)C1(CCCC)c2ccccc2-c2ccccc21.O=C(NC1CC[NH+](O)CC1)c1ccccc1-c1ccc(C(F)(F)F)cc1. The lowest BCUT2D eigenvalue weighted by atomic mass is 9.72. The van der Waals surface area contributed by atoms with Gasteiger partial charge in [0.25, 0.3) is 5.91 Å². The first-order valence-corrected chi connectivity index (χ1v) is 17.0. The van der Waals surface area contributed by atoms with E-state index in [2.05, 4.69) is 24.1 Å². The first-order chi connectivity index (χ1) is 24.2. The topological polar surface area (TPSA) is 65.8 Å². The van der Waals surface area contributed by atoms with Crippen molar-refractivity contribution in [3.05, 3.63) is 132 Å². The van der Waals surface area contributed by atoms with E-state index in [1.807, 2.05) is 48.5 Å². The fraction of sp³-hybridized carbons (Fsp3) is 0.325. The molecule has 270 valence electrons. The molecule has 1 aliphatic carbocycles. The molecule has 1 aliphatic heterocycles. The van der Waals surface area contributed by atoms with E-state index in [-0.39, 0.29) is 11.9 Å². The monoisotopic (exact) mass is 710 g/mol. The van der Waals surface area contributed by atoms with Crippen LogP contribution in [0.2, 0.25) is 0 Å². The smallest absolute Gasteiger partial charge is 0.379 e. The zero-order chi connectivity index (χ0) is 36.8. The Morgan fingerprint density at radius 3 is 1.88 bits per heavy atom. The van der Waals surface area contributed by atoms with E-state index in [4.69, 9.17) is 0 Å². The van der Waals surface area contributed by atoms with Gasteiger partial charge in [0.2, 0.25) is 0 Å². The molecule has 1 saturated heterocycles. The molecule has 4 aromatic carbocycles. The van der Waals surface area contributed by atoms with Crippen LogP contribution in [0.1, 0.15) is 66.1 Å². The molecular weight excluding hydrogens is 668 g/mol. The molecule has 4 aromatic rings. The number of benzene rings is 4. The number of carbonyl (C=O) groups is 1. The van der Waals surface area contributed by atoms with Crippen LogP contribution in [0.5, 0.6) is 0 Å². The Balaban J connectivity index is 0.000000198. The quantitative estimate of drug-likeness (QED) is 0.132. The van der Waals surface area contributed by atoms with Crippen LogP contribution in [-0.4, -0.2) is 43.0 Å². The molecule has 0 radical (unpaired) electrons. The highest BCUT2D eigenvalue weighted by Gasteiger charge is 2.45. The third-order valence-electron chi connectivity index (χ3n) is 9.58. The Kier molecular flexibility index (Phi) is 11.6. The normalized spacial score (nSPS) is 17.7. The summed E-state index contributed by atoms with van der Waals surface area (Å²) in [5.74, 6) is -0.258. The number of amides is 1. The van der Waals surface area contributed by atoms with Crippen LogP contribution in [0.25, 0.3) is 22.3 Å². The number of allylic oxidation sites excluding steroid dienone is 1. The van der Waals surface area contributed by atoms with Gasteiger partial charge in [0.1, 0.15) is 19.6 Å². The Hall–Kier alpha value is -4.61. The van der Waals surface area contributed by atoms with Crippen molar-refractivity contribution in [2.75, 3.05) is 19.6 Å². The fourth-order valence-electron chi connectivity index (χ4n) is 7.00. The van der Waals surface area contributed by atoms with Crippen LogP contribution in [0, 0.1) is 0 Å². The molecule has 0 bridgehead atoms. The number of hydrogen-bond acceptors (Lipinski definition) is 3. The van der Waals surface area contributed by atoms with E-state index in [1.54, 1.807) is 24.3 Å². The van der Waals surface area contributed by atoms with E-state index in [9.17, 15) is 36.3 Å². The van der Waals surface area contributed by atoms with Crippen molar-refractivity contribution in [3.63, 3.8) is 0 Å². The second kappa shape index (κ2) is 15.7.